The van der Waals surface area contributed by atoms with Crippen molar-refractivity contribution in [3.63, 3.8) is 0 Å². The van der Waals surface area contributed by atoms with Gasteiger partial charge in [0.25, 0.3) is 0 Å². The van der Waals surface area contributed by atoms with Gasteiger partial charge >= 0.3 is 6.09 Å². The first kappa shape index (κ1) is 21.7. The van der Waals surface area contributed by atoms with Crippen molar-refractivity contribution in [3.8, 4) is 0 Å². The molecule has 0 saturated carbocycles. The molecule has 7 heteroatoms. The van der Waals surface area contributed by atoms with E-state index < -0.39 is 11.7 Å². The van der Waals surface area contributed by atoms with Crippen LogP contribution in [-0.2, 0) is 11.2 Å². The summed E-state index contributed by atoms with van der Waals surface area (Å²) in [6, 6.07) is 4.83. The van der Waals surface area contributed by atoms with Gasteiger partial charge in [-0.3, -0.25) is 4.99 Å². The highest BCUT2D eigenvalue weighted by atomic mass is 19.1. The first-order valence-corrected chi connectivity index (χ1v) is 8.87. The summed E-state index contributed by atoms with van der Waals surface area (Å²) in [6.45, 7) is 9.29. The Morgan fingerprint density at radius 3 is 2.42 bits per heavy atom. The van der Waals surface area contributed by atoms with Crippen molar-refractivity contribution in [3.05, 3.63) is 35.1 Å². The third-order valence-corrected chi connectivity index (χ3v) is 3.53. The number of rotatable bonds is 7. The average Bonchev–Trinajstić information content (AvgIpc) is 2.53. The van der Waals surface area contributed by atoms with Crippen LogP contribution < -0.4 is 16.0 Å². The number of alkyl carbamates (subject to hydrolysis) is 1. The Labute approximate surface area is 155 Å². The van der Waals surface area contributed by atoms with Gasteiger partial charge in [0.05, 0.1) is 0 Å². The van der Waals surface area contributed by atoms with Crippen molar-refractivity contribution in [1.29, 1.82) is 0 Å². The van der Waals surface area contributed by atoms with Gasteiger partial charge in [0.15, 0.2) is 5.96 Å². The second-order valence-electron chi connectivity index (χ2n) is 7.03. The summed E-state index contributed by atoms with van der Waals surface area (Å²) in [6.07, 6.45) is 1.12. The van der Waals surface area contributed by atoms with E-state index in [9.17, 15) is 9.18 Å². The molecule has 0 bridgehead atoms. The SMILES string of the molecule is CN=C(NCCCNC(=O)OC(C)(C)C)NCCc1ccc(F)cc1C. The lowest BCUT2D eigenvalue weighted by Gasteiger charge is -2.19. The molecule has 0 fully saturated rings. The Kier molecular flexibility index (Phi) is 8.88. The third kappa shape index (κ3) is 9.25. The standard InChI is InChI=1S/C19H31FN4O2/c1-14-13-16(20)8-7-15(14)9-12-23-17(21-5)22-10-6-11-24-18(25)26-19(2,3)4/h7-8,13H,6,9-12H2,1-5H3,(H,24,25)(H2,21,22,23). The first-order chi connectivity index (χ1) is 12.2. The molecule has 26 heavy (non-hydrogen) atoms. The second-order valence-corrected chi connectivity index (χ2v) is 7.03. The van der Waals surface area contributed by atoms with Gasteiger partial charge in [0.1, 0.15) is 11.4 Å². The maximum absolute atomic E-state index is 13.1. The zero-order valence-corrected chi connectivity index (χ0v) is 16.4. The number of aryl methyl sites for hydroxylation is 1. The second kappa shape index (κ2) is 10.6. The molecule has 1 amide bonds. The molecule has 146 valence electrons. The number of hydrogen-bond donors (Lipinski definition) is 3. The molecular weight excluding hydrogens is 335 g/mol. The van der Waals surface area contributed by atoms with Crippen LogP contribution >= 0.6 is 0 Å². The van der Waals surface area contributed by atoms with Crippen molar-refractivity contribution in [1.82, 2.24) is 16.0 Å². The predicted octanol–water partition coefficient (Wildman–Crippen LogP) is 2.76. The van der Waals surface area contributed by atoms with E-state index in [1.807, 2.05) is 33.8 Å². The molecule has 0 radical (unpaired) electrons. The molecule has 1 aromatic rings. The number of guanidine groups is 1. The van der Waals surface area contributed by atoms with Crippen LogP contribution in [0.1, 0.15) is 38.3 Å². The number of hydrogen-bond acceptors (Lipinski definition) is 3. The summed E-state index contributed by atoms with van der Waals surface area (Å²) in [5.41, 5.74) is 1.57. The molecule has 0 aliphatic rings. The van der Waals surface area contributed by atoms with Crippen LogP contribution in [0.5, 0.6) is 0 Å². The van der Waals surface area contributed by atoms with E-state index in [-0.39, 0.29) is 5.82 Å². The van der Waals surface area contributed by atoms with Crippen molar-refractivity contribution in [2.24, 2.45) is 4.99 Å². The summed E-state index contributed by atoms with van der Waals surface area (Å²) in [4.78, 5) is 15.7. The van der Waals surface area contributed by atoms with E-state index in [1.165, 1.54) is 6.07 Å². The molecule has 0 aliphatic heterocycles. The van der Waals surface area contributed by atoms with Gasteiger partial charge in [0.2, 0.25) is 0 Å². The Hall–Kier alpha value is -2.31. The normalized spacial score (nSPS) is 11.8. The molecule has 0 unspecified atom stereocenters. The van der Waals surface area contributed by atoms with Gasteiger partial charge in [-0.05, 0) is 63.8 Å². The van der Waals surface area contributed by atoms with Gasteiger partial charge in [-0.25, -0.2) is 9.18 Å². The molecule has 0 spiro atoms. The van der Waals surface area contributed by atoms with Crippen molar-refractivity contribution < 1.29 is 13.9 Å². The Morgan fingerprint density at radius 1 is 1.15 bits per heavy atom. The average molecular weight is 366 g/mol. The third-order valence-electron chi connectivity index (χ3n) is 3.53. The lowest BCUT2D eigenvalue weighted by atomic mass is 10.1. The smallest absolute Gasteiger partial charge is 0.407 e. The number of carbonyl (C=O) groups is 1. The maximum Gasteiger partial charge on any atom is 0.407 e. The van der Waals surface area contributed by atoms with E-state index in [1.54, 1.807) is 13.1 Å². The monoisotopic (exact) mass is 366 g/mol. The fourth-order valence-electron chi connectivity index (χ4n) is 2.28. The quantitative estimate of drug-likeness (QED) is 0.394. The van der Waals surface area contributed by atoms with Crippen molar-refractivity contribution in [2.75, 3.05) is 26.7 Å². The van der Waals surface area contributed by atoms with E-state index in [4.69, 9.17) is 4.74 Å². The molecular formula is C19H31FN4O2. The summed E-state index contributed by atoms with van der Waals surface area (Å²) in [5.74, 6) is 0.485. The summed E-state index contributed by atoms with van der Waals surface area (Å²) in [7, 11) is 1.71. The van der Waals surface area contributed by atoms with E-state index in [0.717, 1.165) is 24.0 Å². The first-order valence-electron chi connectivity index (χ1n) is 8.87. The minimum absolute atomic E-state index is 0.211. The highest BCUT2D eigenvalue weighted by Gasteiger charge is 2.15. The fourth-order valence-corrected chi connectivity index (χ4v) is 2.28. The van der Waals surface area contributed by atoms with Gasteiger partial charge in [-0.2, -0.15) is 0 Å². The number of nitrogens with one attached hydrogen (secondary N) is 3. The molecule has 0 heterocycles. The Morgan fingerprint density at radius 2 is 1.81 bits per heavy atom. The number of amides is 1. The van der Waals surface area contributed by atoms with Crippen LogP contribution in [0.4, 0.5) is 9.18 Å². The molecule has 0 atom stereocenters. The Bertz CT molecular complexity index is 612. The van der Waals surface area contributed by atoms with Crippen LogP contribution in [0.2, 0.25) is 0 Å². The van der Waals surface area contributed by atoms with Crippen LogP contribution in [0.15, 0.2) is 23.2 Å². The van der Waals surface area contributed by atoms with E-state index in [0.29, 0.717) is 25.6 Å². The molecule has 0 aliphatic carbocycles. The highest BCUT2D eigenvalue weighted by Crippen LogP contribution is 2.10. The van der Waals surface area contributed by atoms with Crippen LogP contribution in [0.25, 0.3) is 0 Å². The lowest BCUT2D eigenvalue weighted by molar-refractivity contribution is 0.0527. The van der Waals surface area contributed by atoms with Gasteiger partial charge in [-0.1, -0.05) is 6.07 Å². The van der Waals surface area contributed by atoms with Crippen molar-refractivity contribution in [2.45, 2.75) is 46.1 Å². The van der Waals surface area contributed by atoms with E-state index >= 15 is 0 Å². The van der Waals surface area contributed by atoms with Crippen LogP contribution in [-0.4, -0.2) is 44.3 Å². The number of carbonyl (C=O) groups excluding carboxylic acids is 1. The van der Waals surface area contributed by atoms with Gasteiger partial charge in [0, 0.05) is 26.7 Å². The largest absolute Gasteiger partial charge is 0.444 e. The zero-order chi connectivity index (χ0) is 19.6. The number of nitrogens with zero attached hydrogens (tertiary/aromatic N) is 1. The summed E-state index contributed by atoms with van der Waals surface area (Å²) < 4.78 is 18.3. The summed E-state index contributed by atoms with van der Waals surface area (Å²) >= 11 is 0. The topological polar surface area (TPSA) is 74.8 Å². The molecule has 1 rings (SSSR count). The van der Waals surface area contributed by atoms with Gasteiger partial charge < -0.3 is 20.7 Å². The minimum Gasteiger partial charge on any atom is -0.444 e. The fraction of sp³-hybridized carbons (Fsp3) is 0.579. The molecule has 6 nitrogen and oxygen atoms in total. The molecule has 0 aromatic heterocycles. The maximum atomic E-state index is 13.1. The molecule has 3 N–H and O–H groups in total. The predicted molar refractivity (Wildman–Crippen MR) is 103 cm³/mol. The molecule has 0 saturated heterocycles. The zero-order valence-electron chi connectivity index (χ0n) is 16.4. The van der Waals surface area contributed by atoms with Gasteiger partial charge in [-0.15, -0.1) is 0 Å². The van der Waals surface area contributed by atoms with Crippen molar-refractivity contribution >= 4 is 12.1 Å². The highest BCUT2D eigenvalue weighted by molar-refractivity contribution is 5.79. The molecule has 1 aromatic carbocycles. The number of ether oxygens (including phenoxy) is 1. The van der Waals surface area contributed by atoms with E-state index in [2.05, 4.69) is 20.9 Å². The summed E-state index contributed by atoms with van der Waals surface area (Å²) in [5, 5.41) is 9.13. The lowest BCUT2D eigenvalue weighted by Crippen LogP contribution is -2.40. The minimum atomic E-state index is -0.489. The Balaban J connectivity index is 2.20. The number of benzene rings is 1. The van der Waals surface area contributed by atoms with Crippen LogP contribution in [0.3, 0.4) is 0 Å². The number of halogens is 1. The van der Waals surface area contributed by atoms with Crippen LogP contribution in [0, 0.1) is 12.7 Å². The number of aliphatic imine (C=N–C) groups is 1.